The van der Waals surface area contributed by atoms with Crippen molar-refractivity contribution in [3.63, 3.8) is 0 Å². The lowest BCUT2D eigenvalue weighted by Gasteiger charge is -2.33. The quantitative estimate of drug-likeness (QED) is 0.157. The van der Waals surface area contributed by atoms with Crippen molar-refractivity contribution < 1.29 is 0 Å². The average Bonchev–Trinajstić information content (AvgIpc) is 3.47. The molecule has 1 aliphatic carbocycles. The summed E-state index contributed by atoms with van der Waals surface area (Å²) in [7, 11) is 0. The molecule has 0 spiro atoms. The van der Waals surface area contributed by atoms with Crippen LogP contribution in [0.2, 0.25) is 0 Å². The van der Waals surface area contributed by atoms with Crippen LogP contribution in [0.3, 0.4) is 0 Å². The standard InChI is InChI=1S/C45H36N2/c1-2-14-33-29-36(34-15-6-3-7-16-34)31-37(30-33)35-23-25-40(26-24-35)46(38-17-8-4-9-18-38)41-27-28-45-43(32-41)42-21-12-13-22-44(42)47(45)39-19-10-5-11-20-39/h2-13,15-25,27-32,40H,1,14,26H2. The van der Waals surface area contributed by atoms with Crippen LogP contribution in [0.15, 0.2) is 183 Å². The van der Waals surface area contributed by atoms with Gasteiger partial charge in [0.05, 0.1) is 17.1 Å². The van der Waals surface area contributed by atoms with Crippen LogP contribution in [-0.2, 0) is 6.42 Å². The van der Waals surface area contributed by atoms with E-state index in [2.05, 4.69) is 186 Å². The van der Waals surface area contributed by atoms with E-state index < -0.39 is 0 Å². The molecule has 0 bridgehead atoms. The van der Waals surface area contributed by atoms with Gasteiger partial charge in [-0.25, -0.2) is 0 Å². The maximum atomic E-state index is 4.00. The first-order valence-electron chi connectivity index (χ1n) is 16.4. The second-order valence-electron chi connectivity index (χ2n) is 12.2. The first kappa shape index (κ1) is 28.6. The van der Waals surface area contributed by atoms with Crippen LogP contribution < -0.4 is 4.90 Å². The zero-order valence-electron chi connectivity index (χ0n) is 26.3. The summed E-state index contributed by atoms with van der Waals surface area (Å²) in [6, 6.07) is 54.9. The minimum absolute atomic E-state index is 0.172. The maximum Gasteiger partial charge on any atom is 0.0560 e. The maximum absolute atomic E-state index is 4.00. The van der Waals surface area contributed by atoms with Gasteiger partial charge in [-0.1, -0.05) is 121 Å². The molecule has 0 amide bonds. The van der Waals surface area contributed by atoms with Gasteiger partial charge in [0.1, 0.15) is 0 Å². The Morgan fingerprint density at radius 1 is 0.617 bits per heavy atom. The van der Waals surface area contributed by atoms with E-state index in [0.717, 1.165) is 12.8 Å². The predicted octanol–water partition coefficient (Wildman–Crippen LogP) is 11.7. The van der Waals surface area contributed by atoms with E-state index >= 15 is 0 Å². The topological polar surface area (TPSA) is 8.17 Å². The van der Waals surface area contributed by atoms with E-state index in [1.165, 1.54) is 66.7 Å². The number of aromatic nitrogens is 1. The van der Waals surface area contributed by atoms with Gasteiger partial charge < -0.3 is 9.47 Å². The third kappa shape index (κ3) is 5.49. The molecule has 7 aromatic rings. The molecule has 0 saturated carbocycles. The van der Waals surface area contributed by atoms with Gasteiger partial charge in [-0.15, -0.1) is 6.58 Å². The molecule has 1 heterocycles. The summed E-state index contributed by atoms with van der Waals surface area (Å²) < 4.78 is 2.38. The molecule has 0 fully saturated rings. The van der Waals surface area contributed by atoms with Gasteiger partial charge in [0, 0.05) is 27.8 Å². The van der Waals surface area contributed by atoms with E-state index in [4.69, 9.17) is 0 Å². The highest BCUT2D eigenvalue weighted by Gasteiger charge is 2.22. The third-order valence-corrected chi connectivity index (χ3v) is 9.21. The first-order chi connectivity index (χ1) is 23.3. The number of para-hydroxylation sites is 3. The number of hydrogen-bond acceptors (Lipinski definition) is 1. The van der Waals surface area contributed by atoms with Crippen molar-refractivity contribution >= 4 is 38.8 Å². The Morgan fingerprint density at radius 2 is 1.30 bits per heavy atom. The lowest BCUT2D eigenvalue weighted by atomic mass is 9.91. The molecule has 2 heteroatoms. The fourth-order valence-electron chi connectivity index (χ4n) is 7.04. The number of nitrogens with zero attached hydrogens (tertiary/aromatic N) is 2. The van der Waals surface area contributed by atoms with E-state index in [1.54, 1.807) is 0 Å². The largest absolute Gasteiger partial charge is 0.334 e. The van der Waals surface area contributed by atoms with Crippen LogP contribution in [0.4, 0.5) is 11.4 Å². The molecule has 0 radical (unpaired) electrons. The highest BCUT2D eigenvalue weighted by Crippen LogP contribution is 2.39. The zero-order chi connectivity index (χ0) is 31.6. The monoisotopic (exact) mass is 604 g/mol. The van der Waals surface area contributed by atoms with Gasteiger partial charge in [-0.3, -0.25) is 0 Å². The first-order valence-corrected chi connectivity index (χ1v) is 16.4. The van der Waals surface area contributed by atoms with E-state index in [0.29, 0.717) is 0 Å². The molecule has 1 aliphatic rings. The molecule has 47 heavy (non-hydrogen) atoms. The molecule has 2 nitrogen and oxygen atoms in total. The molecule has 1 unspecified atom stereocenters. The summed E-state index contributed by atoms with van der Waals surface area (Å²) in [5.74, 6) is 0. The van der Waals surface area contributed by atoms with Crippen molar-refractivity contribution in [2.24, 2.45) is 0 Å². The molecular formula is C45H36N2. The Kier molecular flexibility index (Phi) is 7.61. The van der Waals surface area contributed by atoms with Gasteiger partial charge in [-0.2, -0.15) is 0 Å². The predicted molar refractivity (Wildman–Crippen MR) is 201 cm³/mol. The Labute approximate surface area is 276 Å². The van der Waals surface area contributed by atoms with Crippen molar-refractivity contribution in [3.8, 4) is 16.8 Å². The number of rotatable bonds is 8. The van der Waals surface area contributed by atoms with Gasteiger partial charge in [0.25, 0.3) is 0 Å². The SMILES string of the molecule is C=CCc1cc(C2=CCC(N(c3ccccc3)c3ccc4c(c3)c3ccccc3n4-c3ccccc3)C=C2)cc(-c2ccccc2)c1. The lowest BCUT2D eigenvalue weighted by molar-refractivity contribution is 0.787. The summed E-state index contributed by atoms with van der Waals surface area (Å²) >= 11 is 0. The summed E-state index contributed by atoms with van der Waals surface area (Å²) in [6.07, 6.45) is 10.8. The fourth-order valence-corrected chi connectivity index (χ4v) is 7.04. The Balaban J connectivity index is 1.19. The Hall–Kier alpha value is -5.86. The number of fused-ring (bicyclic) bond motifs is 3. The molecule has 1 aromatic heterocycles. The van der Waals surface area contributed by atoms with Crippen LogP contribution >= 0.6 is 0 Å². The van der Waals surface area contributed by atoms with E-state index in [1.807, 2.05) is 6.08 Å². The Morgan fingerprint density at radius 3 is 2.04 bits per heavy atom. The summed E-state index contributed by atoms with van der Waals surface area (Å²) in [4.78, 5) is 2.49. The summed E-state index contributed by atoms with van der Waals surface area (Å²) in [5.41, 5.74) is 12.2. The van der Waals surface area contributed by atoms with Gasteiger partial charge in [0.2, 0.25) is 0 Å². The second kappa shape index (κ2) is 12.5. The average molecular weight is 605 g/mol. The summed E-state index contributed by atoms with van der Waals surface area (Å²) in [6.45, 7) is 4.00. The number of allylic oxidation sites excluding steroid dienone is 3. The highest BCUT2D eigenvalue weighted by molar-refractivity contribution is 6.10. The van der Waals surface area contributed by atoms with Crippen molar-refractivity contribution in [2.45, 2.75) is 18.9 Å². The zero-order valence-corrected chi connectivity index (χ0v) is 26.3. The molecule has 1 atom stereocenters. The van der Waals surface area contributed by atoms with Crippen molar-refractivity contribution in [3.05, 3.63) is 194 Å². The van der Waals surface area contributed by atoms with E-state index in [9.17, 15) is 0 Å². The number of hydrogen-bond donors (Lipinski definition) is 0. The summed E-state index contributed by atoms with van der Waals surface area (Å²) in [5, 5.41) is 2.52. The lowest BCUT2D eigenvalue weighted by Crippen LogP contribution is -2.30. The van der Waals surface area contributed by atoms with Crippen LogP contribution in [0.25, 0.3) is 44.2 Å². The van der Waals surface area contributed by atoms with Crippen molar-refractivity contribution in [1.82, 2.24) is 4.57 Å². The molecule has 0 aliphatic heterocycles. The fraction of sp³-hybridized carbons (Fsp3) is 0.0667. The van der Waals surface area contributed by atoms with Crippen LogP contribution in [-0.4, -0.2) is 10.6 Å². The Bertz CT molecular complexity index is 2260. The number of anilines is 2. The molecule has 226 valence electrons. The van der Waals surface area contributed by atoms with Crippen molar-refractivity contribution in [1.29, 1.82) is 0 Å². The molecule has 6 aromatic carbocycles. The van der Waals surface area contributed by atoms with Crippen LogP contribution in [0.5, 0.6) is 0 Å². The van der Waals surface area contributed by atoms with Gasteiger partial charge >= 0.3 is 0 Å². The molecular weight excluding hydrogens is 569 g/mol. The van der Waals surface area contributed by atoms with Gasteiger partial charge in [-0.05, 0) is 95.3 Å². The second-order valence-corrected chi connectivity index (χ2v) is 12.2. The highest BCUT2D eigenvalue weighted by atomic mass is 15.2. The molecule has 0 N–H and O–H groups in total. The third-order valence-electron chi connectivity index (χ3n) is 9.21. The normalized spacial score (nSPS) is 14.3. The number of benzene rings is 6. The smallest absolute Gasteiger partial charge is 0.0560 e. The minimum atomic E-state index is 0.172. The van der Waals surface area contributed by atoms with Crippen molar-refractivity contribution in [2.75, 3.05) is 4.90 Å². The van der Waals surface area contributed by atoms with Gasteiger partial charge in [0.15, 0.2) is 0 Å². The minimum Gasteiger partial charge on any atom is -0.334 e. The van der Waals surface area contributed by atoms with E-state index in [-0.39, 0.29) is 6.04 Å². The van der Waals surface area contributed by atoms with Crippen LogP contribution in [0, 0.1) is 0 Å². The molecule has 0 saturated heterocycles. The van der Waals surface area contributed by atoms with Crippen LogP contribution in [0.1, 0.15) is 17.5 Å². The molecule has 8 rings (SSSR count).